The molecule has 4 N–H and O–H groups in total. The third kappa shape index (κ3) is 5.13. The third-order valence-electron chi connectivity index (χ3n) is 4.46. The Morgan fingerprint density at radius 2 is 1.77 bits per heavy atom. The number of halogens is 1. The Bertz CT molecular complexity index is 1170. The molecule has 1 aromatic heterocycles. The molecule has 3 aromatic rings. The van der Waals surface area contributed by atoms with Crippen molar-refractivity contribution in [3.63, 3.8) is 0 Å². The largest absolute Gasteiger partial charge is 0.368 e. The number of hydrogen-bond donors (Lipinski definition) is 3. The molecule has 2 aromatic carbocycles. The predicted molar refractivity (Wildman–Crippen MR) is 119 cm³/mol. The molecule has 1 amide bonds. The number of nitrogens with one attached hydrogen (secondary N) is 2. The van der Waals surface area contributed by atoms with Gasteiger partial charge in [0.15, 0.2) is 0 Å². The summed E-state index contributed by atoms with van der Waals surface area (Å²) in [7, 11) is -3.74. The Morgan fingerprint density at radius 3 is 2.40 bits per heavy atom. The number of aromatic nitrogens is 2. The molecule has 0 saturated carbocycles. The SMILES string of the molecule is CC(C)[C@H](Nc1nc(CNS(=O)(=O)c2ccc(Br)cc2)nc2ccccc12)C(N)=O. The third-order valence-corrected chi connectivity index (χ3v) is 6.41. The second-order valence-corrected chi connectivity index (χ2v) is 9.74. The summed E-state index contributed by atoms with van der Waals surface area (Å²) in [5.74, 6) is 0.139. The van der Waals surface area contributed by atoms with Crippen LogP contribution in [0.5, 0.6) is 0 Å². The maximum absolute atomic E-state index is 12.6. The number of carbonyl (C=O) groups is 1. The topological polar surface area (TPSA) is 127 Å². The minimum atomic E-state index is -3.74. The van der Waals surface area contributed by atoms with E-state index in [2.05, 4.69) is 35.9 Å². The van der Waals surface area contributed by atoms with Gasteiger partial charge in [-0.25, -0.2) is 23.1 Å². The van der Waals surface area contributed by atoms with Gasteiger partial charge in [-0.15, -0.1) is 0 Å². The summed E-state index contributed by atoms with van der Waals surface area (Å²) >= 11 is 3.28. The Labute approximate surface area is 183 Å². The van der Waals surface area contributed by atoms with Gasteiger partial charge in [-0.05, 0) is 42.3 Å². The number of amides is 1. The van der Waals surface area contributed by atoms with Crippen LogP contribution in [-0.4, -0.2) is 30.3 Å². The highest BCUT2D eigenvalue weighted by molar-refractivity contribution is 9.10. The van der Waals surface area contributed by atoms with Crippen molar-refractivity contribution >= 4 is 48.6 Å². The van der Waals surface area contributed by atoms with Gasteiger partial charge in [0.1, 0.15) is 17.7 Å². The Kier molecular flexibility index (Phi) is 6.69. The molecule has 8 nitrogen and oxygen atoms in total. The number of carbonyl (C=O) groups excluding carboxylic acids is 1. The molecule has 0 spiro atoms. The fourth-order valence-electron chi connectivity index (χ4n) is 2.88. The molecule has 0 aliphatic heterocycles. The van der Waals surface area contributed by atoms with E-state index in [0.29, 0.717) is 16.7 Å². The lowest BCUT2D eigenvalue weighted by molar-refractivity contribution is -0.119. The summed E-state index contributed by atoms with van der Waals surface area (Å²) in [4.78, 5) is 20.9. The highest BCUT2D eigenvalue weighted by Gasteiger charge is 2.22. The lowest BCUT2D eigenvalue weighted by Gasteiger charge is -2.21. The lowest BCUT2D eigenvalue weighted by Crippen LogP contribution is -2.40. The quantitative estimate of drug-likeness (QED) is 0.444. The molecule has 0 radical (unpaired) electrons. The van der Waals surface area contributed by atoms with Crippen LogP contribution in [0, 0.1) is 5.92 Å². The maximum atomic E-state index is 12.6. The van der Waals surface area contributed by atoms with Crippen LogP contribution in [0.15, 0.2) is 57.9 Å². The highest BCUT2D eigenvalue weighted by atomic mass is 79.9. The summed E-state index contributed by atoms with van der Waals surface area (Å²) in [6.45, 7) is 3.64. The Morgan fingerprint density at radius 1 is 1.10 bits per heavy atom. The number of para-hydroxylation sites is 1. The molecule has 0 aliphatic carbocycles. The van der Waals surface area contributed by atoms with E-state index in [-0.39, 0.29) is 23.2 Å². The first-order valence-electron chi connectivity index (χ1n) is 9.24. The van der Waals surface area contributed by atoms with E-state index >= 15 is 0 Å². The zero-order valence-electron chi connectivity index (χ0n) is 16.5. The Hall–Kier alpha value is -2.56. The molecule has 0 saturated heterocycles. The van der Waals surface area contributed by atoms with Gasteiger partial charge in [0.2, 0.25) is 15.9 Å². The molecule has 0 fully saturated rings. The van der Waals surface area contributed by atoms with Gasteiger partial charge in [-0.1, -0.05) is 41.9 Å². The molecular weight excluding hydrogens is 470 g/mol. The van der Waals surface area contributed by atoms with Crippen LogP contribution >= 0.6 is 15.9 Å². The number of fused-ring (bicyclic) bond motifs is 1. The van der Waals surface area contributed by atoms with Crippen LogP contribution in [0.3, 0.4) is 0 Å². The number of rotatable bonds is 8. The number of primary amides is 1. The van der Waals surface area contributed by atoms with Crippen molar-refractivity contribution in [3.8, 4) is 0 Å². The normalized spacial score (nSPS) is 12.8. The first kappa shape index (κ1) is 22.1. The zero-order chi connectivity index (χ0) is 21.9. The van der Waals surface area contributed by atoms with Gasteiger partial charge < -0.3 is 11.1 Å². The van der Waals surface area contributed by atoms with E-state index in [4.69, 9.17) is 5.73 Å². The average molecular weight is 492 g/mol. The standard InChI is InChI=1S/C20H22BrN5O3S/c1-12(2)18(19(22)27)26-20-15-5-3-4-6-16(15)24-17(25-20)11-23-30(28,29)14-9-7-13(21)8-10-14/h3-10,12,18,23H,11H2,1-2H3,(H2,22,27)(H,24,25,26)/t18-/m0/s1. The molecule has 10 heteroatoms. The average Bonchev–Trinajstić information content (AvgIpc) is 2.70. The fourth-order valence-corrected chi connectivity index (χ4v) is 4.13. The van der Waals surface area contributed by atoms with Gasteiger partial charge in [0, 0.05) is 9.86 Å². The molecule has 30 heavy (non-hydrogen) atoms. The van der Waals surface area contributed by atoms with Gasteiger partial charge in [-0.2, -0.15) is 0 Å². The van der Waals surface area contributed by atoms with Crippen LogP contribution in [0.25, 0.3) is 10.9 Å². The van der Waals surface area contributed by atoms with E-state index in [0.717, 1.165) is 4.47 Å². The van der Waals surface area contributed by atoms with Crippen molar-refractivity contribution in [2.24, 2.45) is 11.7 Å². The number of sulfonamides is 1. The van der Waals surface area contributed by atoms with Crippen molar-refractivity contribution in [2.45, 2.75) is 31.3 Å². The smallest absolute Gasteiger partial charge is 0.240 e. The number of hydrogen-bond acceptors (Lipinski definition) is 6. The minimum Gasteiger partial charge on any atom is -0.368 e. The first-order valence-corrected chi connectivity index (χ1v) is 11.5. The van der Waals surface area contributed by atoms with E-state index in [1.807, 2.05) is 32.0 Å². The molecule has 0 bridgehead atoms. The number of anilines is 1. The highest BCUT2D eigenvalue weighted by Crippen LogP contribution is 2.22. The molecule has 1 atom stereocenters. The van der Waals surface area contributed by atoms with Crippen molar-refractivity contribution in [1.29, 1.82) is 0 Å². The fraction of sp³-hybridized carbons (Fsp3) is 0.250. The van der Waals surface area contributed by atoms with Crippen LogP contribution < -0.4 is 15.8 Å². The second-order valence-electron chi connectivity index (χ2n) is 7.05. The van der Waals surface area contributed by atoms with E-state index in [1.54, 1.807) is 18.2 Å². The molecule has 1 heterocycles. The van der Waals surface area contributed by atoms with Gasteiger partial charge in [-0.3, -0.25) is 4.79 Å². The minimum absolute atomic E-state index is 0.0596. The summed E-state index contributed by atoms with van der Waals surface area (Å²) in [5.41, 5.74) is 6.14. The van der Waals surface area contributed by atoms with Crippen molar-refractivity contribution in [3.05, 3.63) is 58.8 Å². The summed E-state index contributed by atoms with van der Waals surface area (Å²) in [5, 5.41) is 3.80. The lowest BCUT2D eigenvalue weighted by atomic mass is 10.0. The van der Waals surface area contributed by atoms with E-state index < -0.39 is 22.0 Å². The van der Waals surface area contributed by atoms with Gasteiger partial charge in [0.25, 0.3) is 0 Å². The summed E-state index contributed by atoms with van der Waals surface area (Å²) in [6.07, 6.45) is 0. The summed E-state index contributed by atoms with van der Waals surface area (Å²) < 4.78 is 28.4. The molecule has 158 valence electrons. The van der Waals surface area contributed by atoms with E-state index in [9.17, 15) is 13.2 Å². The maximum Gasteiger partial charge on any atom is 0.240 e. The van der Waals surface area contributed by atoms with Crippen molar-refractivity contribution < 1.29 is 13.2 Å². The summed E-state index contributed by atoms with van der Waals surface area (Å²) in [6, 6.07) is 13.0. The number of nitrogens with zero attached hydrogens (tertiary/aromatic N) is 2. The predicted octanol–water partition coefficient (Wildman–Crippen LogP) is 2.79. The number of benzene rings is 2. The Balaban J connectivity index is 1.91. The van der Waals surface area contributed by atoms with Crippen LogP contribution in [-0.2, 0) is 21.4 Å². The van der Waals surface area contributed by atoms with Gasteiger partial charge >= 0.3 is 0 Å². The molecule has 3 rings (SSSR count). The number of nitrogens with two attached hydrogens (primary N) is 1. The molecular formula is C20H22BrN5O3S. The zero-order valence-corrected chi connectivity index (χ0v) is 18.9. The van der Waals surface area contributed by atoms with Crippen molar-refractivity contribution in [2.75, 3.05) is 5.32 Å². The van der Waals surface area contributed by atoms with Crippen LogP contribution in [0.4, 0.5) is 5.82 Å². The van der Waals surface area contributed by atoms with Crippen LogP contribution in [0.1, 0.15) is 19.7 Å². The monoisotopic (exact) mass is 491 g/mol. The van der Waals surface area contributed by atoms with Crippen molar-refractivity contribution in [1.82, 2.24) is 14.7 Å². The molecule has 0 aliphatic rings. The molecule has 0 unspecified atom stereocenters. The second kappa shape index (κ2) is 9.07. The van der Waals surface area contributed by atoms with Gasteiger partial charge in [0.05, 0.1) is 17.0 Å². The first-order chi connectivity index (χ1) is 14.2. The van der Waals surface area contributed by atoms with Crippen LogP contribution in [0.2, 0.25) is 0 Å². The van der Waals surface area contributed by atoms with E-state index in [1.165, 1.54) is 12.1 Å².